The summed E-state index contributed by atoms with van der Waals surface area (Å²) in [5.41, 5.74) is 12.3. The van der Waals surface area contributed by atoms with Gasteiger partial charge in [-0.2, -0.15) is 0 Å². The maximum absolute atomic E-state index is 5.95. The van der Waals surface area contributed by atoms with Gasteiger partial charge in [0.1, 0.15) is 0 Å². The van der Waals surface area contributed by atoms with Gasteiger partial charge in [0, 0.05) is 18.8 Å². The van der Waals surface area contributed by atoms with E-state index in [-0.39, 0.29) is 0 Å². The molecule has 1 heterocycles. The van der Waals surface area contributed by atoms with Crippen LogP contribution in [0.15, 0.2) is 23.7 Å². The van der Waals surface area contributed by atoms with Gasteiger partial charge in [-0.05, 0) is 37.8 Å². The van der Waals surface area contributed by atoms with Crippen molar-refractivity contribution in [1.82, 2.24) is 4.90 Å². The maximum atomic E-state index is 5.95. The lowest BCUT2D eigenvalue weighted by molar-refractivity contribution is 0.227. The van der Waals surface area contributed by atoms with Crippen LogP contribution in [0.5, 0.6) is 0 Å². The molecule has 1 fully saturated rings. The second-order valence-electron chi connectivity index (χ2n) is 4.20. The molecule has 0 amide bonds. The number of hydrogen-bond acceptors (Lipinski definition) is 3. The fraction of sp³-hybridized carbons (Fsp3) is 0.636. The van der Waals surface area contributed by atoms with Gasteiger partial charge in [-0.15, -0.1) is 0 Å². The number of hydrogen-bond donors (Lipinski definition) is 2. The average molecular weight is 195 g/mol. The van der Waals surface area contributed by atoms with Crippen molar-refractivity contribution in [1.29, 1.82) is 0 Å². The van der Waals surface area contributed by atoms with Gasteiger partial charge < -0.3 is 16.4 Å². The molecule has 80 valence electrons. The first-order valence-corrected chi connectivity index (χ1v) is 5.24. The normalized spacial score (nSPS) is 25.3. The maximum Gasteiger partial charge on any atom is 0.0987 e. The van der Waals surface area contributed by atoms with E-state index in [0.29, 0.717) is 0 Å². The van der Waals surface area contributed by atoms with E-state index in [0.717, 1.165) is 30.5 Å². The third kappa shape index (κ3) is 3.32. The molecule has 1 atom stereocenters. The molecule has 3 nitrogen and oxygen atoms in total. The summed E-state index contributed by atoms with van der Waals surface area (Å²) in [6, 6.07) is 0. The summed E-state index contributed by atoms with van der Waals surface area (Å²) in [6.45, 7) is 6.27. The van der Waals surface area contributed by atoms with Crippen molar-refractivity contribution in [3.63, 3.8) is 0 Å². The first-order chi connectivity index (χ1) is 6.59. The van der Waals surface area contributed by atoms with Crippen LogP contribution in [-0.4, -0.2) is 18.0 Å². The molecule has 1 aliphatic rings. The molecular weight excluding hydrogens is 174 g/mol. The van der Waals surface area contributed by atoms with Crippen molar-refractivity contribution in [3.05, 3.63) is 23.7 Å². The van der Waals surface area contributed by atoms with Crippen molar-refractivity contribution in [2.24, 2.45) is 17.4 Å². The quantitative estimate of drug-likeness (QED) is 0.654. The minimum absolute atomic E-state index is 0.749. The number of nitrogens with zero attached hydrogens (tertiary/aromatic N) is 1. The van der Waals surface area contributed by atoms with E-state index >= 15 is 0 Å². The van der Waals surface area contributed by atoms with E-state index in [1.807, 2.05) is 19.1 Å². The molecule has 0 bridgehead atoms. The first-order valence-electron chi connectivity index (χ1n) is 5.24. The Balaban J connectivity index is 2.55. The number of allylic oxidation sites excluding steroid dienone is 3. The zero-order chi connectivity index (χ0) is 10.6. The van der Waals surface area contributed by atoms with Crippen LogP contribution in [0.1, 0.15) is 26.7 Å². The van der Waals surface area contributed by atoms with Crippen LogP contribution in [-0.2, 0) is 0 Å². The zero-order valence-electron chi connectivity index (χ0n) is 9.16. The molecule has 0 radical (unpaired) electrons. The summed E-state index contributed by atoms with van der Waals surface area (Å²) in [4.78, 5) is 2.23. The predicted molar refractivity (Wildman–Crippen MR) is 60.2 cm³/mol. The van der Waals surface area contributed by atoms with Gasteiger partial charge in [-0.25, -0.2) is 0 Å². The summed E-state index contributed by atoms with van der Waals surface area (Å²) in [7, 11) is 0. The Morgan fingerprint density at radius 3 is 2.64 bits per heavy atom. The van der Waals surface area contributed by atoms with E-state index in [1.54, 1.807) is 0 Å². The fourth-order valence-electron chi connectivity index (χ4n) is 1.75. The molecule has 1 aliphatic heterocycles. The molecule has 3 heteroatoms. The average Bonchev–Trinajstić information content (AvgIpc) is 2.14. The summed E-state index contributed by atoms with van der Waals surface area (Å²) in [5.74, 6) is 1.58. The zero-order valence-corrected chi connectivity index (χ0v) is 9.16. The van der Waals surface area contributed by atoms with Crippen molar-refractivity contribution < 1.29 is 0 Å². The highest BCUT2D eigenvalue weighted by Gasteiger charge is 2.16. The van der Waals surface area contributed by atoms with Crippen LogP contribution < -0.4 is 11.5 Å². The third-order valence-electron chi connectivity index (χ3n) is 2.54. The van der Waals surface area contributed by atoms with Crippen LogP contribution in [0.3, 0.4) is 0 Å². The van der Waals surface area contributed by atoms with Gasteiger partial charge >= 0.3 is 0 Å². The van der Waals surface area contributed by atoms with Crippen LogP contribution in [0.4, 0.5) is 0 Å². The Hall–Kier alpha value is -1.12. The third-order valence-corrected chi connectivity index (χ3v) is 2.54. The van der Waals surface area contributed by atoms with Gasteiger partial charge in [0.2, 0.25) is 0 Å². The van der Waals surface area contributed by atoms with Gasteiger partial charge in [0.25, 0.3) is 0 Å². The molecule has 0 aromatic carbocycles. The highest BCUT2D eigenvalue weighted by Crippen LogP contribution is 2.17. The largest absolute Gasteiger partial charge is 0.402 e. The van der Waals surface area contributed by atoms with E-state index in [1.165, 1.54) is 12.8 Å². The minimum Gasteiger partial charge on any atom is -0.402 e. The Morgan fingerprint density at radius 2 is 2.07 bits per heavy atom. The fourth-order valence-corrected chi connectivity index (χ4v) is 1.75. The van der Waals surface area contributed by atoms with Crippen molar-refractivity contribution in [3.8, 4) is 0 Å². The lowest BCUT2D eigenvalue weighted by Gasteiger charge is -2.32. The SMILES string of the molecule is C/C(N)=C/C=C(\N)N1CCC[C@@H](C)C1. The van der Waals surface area contributed by atoms with Crippen molar-refractivity contribution in [2.75, 3.05) is 13.1 Å². The first kappa shape index (κ1) is 11.0. The Kier molecular flexibility index (Phi) is 3.86. The Morgan fingerprint density at radius 1 is 1.36 bits per heavy atom. The lowest BCUT2D eigenvalue weighted by Crippen LogP contribution is -2.36. The van der Waals surface area contributed by atoms with Crippen LogP contribution >= 0.6 is 0 Å². The highest BCUT2D eigenvalue weighted by atomic mass is 15.2. The summed E-state index contributed by atoms with van der Waals surface area (Å²) in [5, 5.41) is 0. The lowest BCUT2D eigenvalue weighted by atomic mass is 10.0. The highest BCUT2D eigenvalue weighted by molar-refractivity contribution is 5.12. The van der Waals surface area contributed by atoms with Crippen molar-refractivity contribution >= 4 is 0 Å². The monoisotopic (exact) mass is 195 g/mol. The molecule has 0 aliphatic carbocycles. The molecule has 0 spiro atoms. The molecule has 0 aromatic heterocycles. The topological polar surface area (TPSA) is 55.3 Å². The van der Waals surface area contributed by atoms with Crippen molar-refractivity contribution in [2.45, 2.75) is 26.7 Å². The van der Waals surface area contributed by atoms with Crippen LogP contribution in [0.2, 0.25) is 0 Å². The molecule has 0 aromatic rings. The molecular formula is C11H21N3. The molecule has 14 heavy (non-hydrogen) atoms. The smallest absolute Gasteiger partial charge is 0.0987 e. The molecule has 4 N–H and O–H groups in total. The number of rotatable bonds is 2. The number of nitrogens with two attached hydrogens (primary N) is 2. The van der Waals surface area contributed by atoms with Crippen LogP contribution in [0.25, 0.3) is 0 Å². The molecule has 0 saturated carbocycles. The standard InChI is InChI=1S/C11H21N3/c1-9-4-3-7-14(8-9)11(13)6-5-10(2)12/h5-6,9H,3-4,7-8,12-13H2,1-2H3/b10-5-,11-6+/t9-/m1/s1. The number of likely N-dealkylation sites (tertiary alicyclic amines) is 1. The predicted octanol–water partition coefficient (Wildman–Crippen LogP) is 1.38. The minimum atomic E-state index is 0.749. The van der Waals surface area contributed by atoms with E-state index in [9.17, 15) is 0 Å². The van der Waals surface area contributed by atoms with Gasteiger partial charge in [0.15, 0.2) is 0 Å². The van der Waals surface area contributed by atoms with Crippen LogP contribution in [0, 0.1) is 5.92 Å². The molecule has 1 saturated heterocycles. The molecule has 1 rings (SSSR count). The van der Waals surface area contributed by atoms with Gasteiger partial charge in [-0.1, -0.05) is 6.92 Å². The summed E-state index contributed by atoms with van der Waals surface area (Å²) >= 11 is 0. The second kappa shape index (κ2) is 4.94. The van der Waals surface area contributed by atoms with Gasteiger partial charge in [-0.3, -0.25) is 0 Å². The Bertz CT molecular complexity index is 239. The Labute approximate surface area is 86.4 Å². The van der Waals surface area contributed by atoms with E-state index in [4.69, 9.17) is 11.5 Å². The number of piperidine rings is 1. The molecule has 0 unspecified atom stereocenters. The summed E-state index contributed by atoms with van der Waals surface area (Å²) < 4.78 is 0. The summed E-state index contributed by atoms with van der Waals surface area (Å²) in [6.07, 6.45) is 6.30. The van der Waals surface area contributed by atoms with E-state index < -0.39 is 0 Å². The van der Waals surface area contributed by atoms with E-state index in [2.05, 4.69) is 11.8 Å². The van der Waals surface area contributed by atoms with Gasteiger partial charge in [0.05, 0.1) is 5.82 Å². The second-order valence-corrected chi connectivity index (χ2v) is 4.20.